The molecule has 17 heavy (non-hydrogen) atoms. The van der Waals surface area contributed by atoms with Gasteiger partial charge in [-0.25, -0.2) is 8.42 Å². The van der Waals surface area contributed by atoms with Crippen molar-refractivity contribution in [1.29, 1.82) is 0 Å². The summed E-state index contributed by atoms with van der Waals surface area (Å²) in [7, 11) is -2.77. The highest BCUT2D eigenvalue weighted by Crippen LogP contribution is 2.42. The molecule has 1 N–H and O–H groups in total. The molecule has 0 radical (unpaired) electrons. The van der Waals surface area contributed by atoms with Gasteiger partial charge in [-0.15, -0.1) is 0 Å². The Morgan fingerprint density at radius 3 is 2.65 bits per heavy atom. The van der Waals surface area contributed by atoms with Crippen LogP contribution in [0.15, 0.2) is 12.2 Å². The van der Waals surface area contributed by atoms with Crippen LogP contribution in [0.5, 0.6) is 0 Å². The minimum Gasteiger partial charge on any atom is -0.315 e. The first-order valence-corrected chi connectivity index (χ1v) is 8.47. The van der Waals surface area contributed by atoms with Crippen LogP contribution in [-0.2, 0) is 9.84 Å². The fourth-order valence-electron chi connectivity index (χ4n) is 3.65. The Morgan fingerprint density at radius 2 is 2.06 bits per heavy atom. The Balaban J connectivity index is 1.45. The Morgan fingerprint density at radius 1 is 1.18 bits per heavy atom. The zero-order valence-electron chi connectivity index (χ0n) is 10.1. The van der Waals surface area contributed by atoms with E-state index in [4.69, 9.17) is 0 Å². The molecule has 96 valence electrons. The highest BCUT2D eigenvalue weighted by Gasteiger charge is 2.36. The van der Waals surface area contributed by atoms with Crippen molar-refractivity contribution in [2.24, 2.45) is 17.8 Å². The van der Waals surface area contributed by atoms with E-state index in [0.717, 1.165) is 37.1 Å². The first-order chi connectivity index (χ1) is 8.15. The van der Waals surface area contributed by atoms with Crippen molar-refractivity contribution in [1.82, 2.24) is 5.32 Å². The van der Waals surface area contributed by atoms with E-state index in [1.807, 2.05) is 0 Å². The maximum Gasteiger partial charge on any atom is 0.154 e. The zero-order chi connectivity index (χ0) is 11.9. The Bertz CT molecular complexity index is 415. The quantitative estimate of drug-likeness (QED) is 0.772. The van der Waals surface area contributed by atoms with Gasteiger partial charge in [-0.3, -0.25) is 0 Å². The van der Waals surface area contributed by atoms with Gasteiger partial charge in [-0.1, -0.05) is 12.2 Å². The second kappa shape index (κ2) is 4.39. The molecule has 2 fully saturated rings. The molecule has 1 saturated heterocycles. The summed E-state index contributed by atoms with van der Waals surface area (Å²) in [5.41, 5.74) is 0. The van der Waals surface area contributed by atoms with E-state index in [9.17, 15) is 8.42 Å². The van der Waals surface area contributed by atoms with E-state index in [0.29, 0.717) is 12.3 Å². The number of fused-ring (bicyclic) bond motifs is 2. The van der Waals surface area contributed by atoms with Gasteiger partial charge in [0.15, 0.2) is 9.84 Å². The summed E-state index contributed by atoms with van der Waals surface area (Å²) < 4.78 is 23.3. The molecule has 2 bridgehead atoms. The van der Waals surface area contributed by atoms with E-state index >= 15 is 0 Å². The molecule has 1 aliphatic heterocycles. The van der Waals surface area contributed by atoms with E-state index in [1.165, 1.54) is 12.8 Å². The summed E-state index contributed by atoms with van der Waals surface area (Å²) in [6.07, 6.45) is 9.03. The molecule has 0 unspecified atom stereocenters. The van der Waals surface area contributed by atoms with Gasteiger partial charge < -0.3 is 5.32 Å². The molecule has 3 rings (SSSR count). The van der Waals surface area contributed by atoms with Crippen LogP contribution >= 0.6 is 0 Å². The standard InChI is InChI=1S/C13H21NO2S/c15-17(16)5-1-2-13(17)9-14-8-12-7-10-3-4-11(12)6-10/h3-4,10-14H,1-2,5-9H2/t10-,11-,12+,13+/m0/s1. The van der Waals surface area contributed by atoms with Crippen LogP contribution in [0.3, 0.4) is 0 Å². The second-order valence-electron chi connectivity index (χ2n) is 5.83. The molecule has 0 aromatic carbocycles. The molecular formula is C13H21NO2S. The average Bonchev–Trinajstić information content (AvgIpc) is 2.94. The maximum absolute atomic E-state index is 11.7. The molecule has 0 amide bonds. The minimum atomic E-state index is -2.77. The minimum absolute atomic E-state index is 0.114. The van der Waals surface area contributed by atoms with Crippen LogP contribution in [0, 0.1) is 17.8 Å². The van der Waals surface area contributed by atoms with Gasteiger partial charge >= 0.3 is 0 Å². The first kappa shape index (κ1) is 11.7. The van der Waals surface area contributed by atoms with Crippen LogP contribution in [0.4, 0.5) is 0 Å². The summed E-state index contributed by atoms with van der Waals surface area (Å²) in [6, 6.07) is 0. The third kappa shape index (κ3) is 2.29. The SMILES string of the molecule is O=S1(=O)CCC[C@@H]1CNC[C@H]1C[C@H]2C=C[C@H]1C2. The van der Waals surface area contributed by atoms with Crippen molar-refractivity contribution >= 4 is 9.84 Å². The largest absolute Gasteiger partial charge is 0.315 e. The Hall–Kier alpha value is -0.350. The van der Waals surface area contributed by atoms with Crippen molar-refractivity contribution in [3.63, 3.8) is 0 Å². The van der Waals surface area contributed by atoms with E-state index in [-0.39, 0.29) is 5.25 Å². The van der Waals surface area contributed by atoms with Crippen LogP contribution in [0.1, 0.15) is 25.7 Å². The van der Waals surface area contributed by atoms with Gasteiger partial charge in [0.2, 0.25) is 0 Å². The Labute approximate surface area is 104 Å². The number of sulfone groups is 1. The van der Waals surface area contributed by atoms with Crippen molar-refractivity contribution < 1.29 is 8.42 Å². The normalized spacial score (nSPS) is 42.4. The van der Waals surface area contributed by atoms with E-state index in [2.05, 4.69) is 17.5 Å². The fourth-order valence-corrected chi connectivity index (χ4v) is 5.45. The van der Waals surface area contributed by atoms with Crippen molar-refractivity contribution in [2.45, 2.75) is 30.9 Å². The van der Waals surface area contributed by atoms with Gasteiger partial charge in [-0.05, 0) is 50.0 Å². The smallest absolute Gasteiger partial charge is 0.154 e. The number of hydrogen-bond donors (Lipinski definition) is 1. The van der Waals surface area contributed by atoms with Gasteiger partial charge in [0.25, 0.3) is 0 Å². The van der Waals surface area contributed by atoms with Crippen LogP contribution in [-0.4, -0.2) is 32.5 Å². The topological polar surface area (TPSA) is 46.2 Å². The monoisotopic (exact) mass is 255 g/mol. The summed E-state index contributed by atoms with van der Waals surface area (Å²) in [5.74, 6) is 2.71. The number of allylic oxidation sites excluding steroid dienone is 2. The Kier molecular flexibility index (Phi) is 3.03. The van der Waals surface area contributed by atoms with E-state index < -0.39 is 9.84 Å². The fraction of sp³-hybridized carbons (Fsp3) is 0.846. The van der Waals surface area contributed by atoms with Crippen molar-refractivity contribution in [3.05, 3.63) is 12.2 Å². The van der Waals surface area contributed by atoms with Gasteiger partial charge in [-0.2, -0.15) is 0 Å². The number of rotatable bonds is 4. The van der Waals surface area contributed by atoms with Gasteiger partial charge in [0.05, 0.1) is 11.0 Å². The molecule has 2 aliphatic carbocycles. The number of nitrogens with one attached hydrogen (secondary N) is 1. The second-order valence-corrected chi connectivity index (χ2v) is 8.23. The molecular weight excluding hydrogens is 234 g/mol. The third-order valence-corrected chi connectivity index (χ3v) is 6.93. The lowest BCUT2D eigenvalue weighted by molar-refractivity contribution is 0.413. The van der Waals surface area contributed by atoms with Gasteiger partial charge in [0.1, 0.15) is 0 Å². The highest BCUT2D eigenvalue weighted by molar-refractivity contribution is 7.92. The zero-order valence-corrected chi connectivity index (χ0v) is 11.0. The van der Waals surface area contributed by atoms with Crippen LogP contribution < -0.4 is 5.32 Å². The molecule has 4 atom stereocenters. The first-order valence-electron chi connectivity index (χ1n) is 6.76. The molecule has 0 spiro atoms. The summed E-state index contributed by atoms with van der Waals surface area (Å²) in [5, 5.41) is 3.28. The summed E-state index contributed by atoms with van der Waals surface area (Å²) in [4.78, 5) is 0. The number of hydrogen-bond acceptors (Lipinski definition) is 3. The lowest BCUT2D eigenvalue weighted by Crippen LogP contribution is -2.34. The van der Waals surface area contributed by atoms with Crippen LogP contribution in [0.2, 0.25) is 0 Å². The summed E-state index contributed by atoms with van der Waals surface area (Å²) >= 11 is 0. The molecule has 4 heteroatoms. The molecule has 3 aliphatic rings. The summed E-state index contributed by atoms with van der Waals surface area (Å²) in [6.45, 7) is 1.66. The predicted molar refractivity (Wildman–Crippen MR) is 68.5 cm³/mol. The average molecular weight is 255 g/mol. The molecule has 0 aromatic rings. The van der Waals surface area contributed by atoms with E-state index in [1.54, 1.807) is 0 Å². The third-order valence-electron chi connectivity index (χ3n) is 4.66. The lowest BCUT2D eigenvalue weighted by atomic mass is 9.93. The molecule has 0 aromatic heterocycles. The maximum atomic E-state index is 11.7. The molecule has 3 nitrogen and oxygen atoms in total. The van der Waals surface area contributed by atoms with Crippen molar-refractivity contribution in [3.8, 4) is 0 Å². The van der Waals surface area contributed by atoms with Crippen LogP contribution in [0.25, 0.3) is 0 Å². The van der Waals surface area contributed by atoms with Crippen molar-refractivity contribution in [2.75, 3.05) is 18.8 Å². The lowest BCUT2D eigenvalue weighted by Gasteiger charge is -2.19. The molecule has 1 heterocycles. The predicted octanol–water partition coefficient (Wildman–Crippen LogP) is 1.37. The highest BCUT2D eigenvalue weighted by atomic mass is 32.2. The van der Waals surface area contributed by atoms with Gasteiger partial charge in [0, 0.05) is 6.54 Å². The molecule has 1 saturated carbocycles.